The van der Waals surface area contributed by atoms with Crippen LogP contribution in [0.2, 0.25) is 0 Å². The number of nitrogens with zero attached hydrogens (tertiary/aromatic N) is 2. The number of rotatable bonds is 5. The highest BCUT2D eigenvalue weighted by atomic mass is 16.4. The number of aliphatic hydroxyl groups is 1. The number of hydrogen-bond donors (Lipinski definition) is 2. The Balaban J connectivity index is 4.47. The van der Waals surface area contributed by atoms with Gasteiger partial charge in [-0.1, -0.05) is 0 Å². The van der Waals surface area contributed by atoms with Crippen LogP contribution in [0.3, 0.4) is 0 Å². The van der Waals surface area contributed by atoms with E-state index in [0.29, 0.717) is 6.54 Å². The summed E-state index contributed by atoms with van der Waals surface area (Å²) in [5.41, 5.74) is -0.990. The predicted octanol–water partition coefficient (Wildman–Crippen LogP) is 0.216. The molecule has 0 spiro atoms. The minimum Gasteiger partial charge on any atom is -0.480 e. The highest BCUT2D eigenvalue weighted by Crippen LogP contribution is 2.06. The van der Waals surface area contributed by atoms with Crippen molar-refractivity contribution >= 4 is 12.0 Å². The summed E-state index contributed by atoms with van der Waals surface area (Å²) >= 11 is 0. The SMILES string of the molecule is CCN(CC(C)(C)O)C(=O)N(C)CC(=O)O. The number of carboxylic acids is 1. The van der Waals surface area contributed by atoms with E-state index in [-0.39, 0.29) is 13.1 Å². The van der Waals surface area contributed by atoms with E-state index in [1.54, 1.807) is 20.8 Å². The molecule has 0 aliphatic rings. The van der Waals surface area contributed by atoms with Crippen molar-refractivity contribution < 1.29 is 19.8 Å². The summed E-state index contributed by atoms with van der Waals surface area (Å²) in [5.74, 6) is -1.06. The van der Waals surface area contributed by atoms with Crippen molar-refractivity contribution in [3.63, 3.8) is 0 Å². The smallest absolute Gasteiger partial charge is 0.323 e. The monoisotopic (exact) mass is 232 g/mol. The quantitative estimate of drug-likeness (QED) is 0.710. The molecule has 0 heterocycles. The van der Waals surface area contributed by atoms with E-state index in [1.807, 2.05) is 0 Å². The van der Waals surface area contributed by atoms with E-state index in [0.717, 1.165) is 4.90 Å². The second-order valence-corrected chi connectivity index (χ2v) is 4.36. The number of urea groups is 1. The lowest BCUT2D eigenvalue weighted by Crippen LogP contribution is -2.48. The van der Waals surface area contributed by atoms with Crippen molar-refractivity contribution in [1.29, 1.82) is 0 Å². The minimum absolute atomic E-state index is 0.173. The summed E-state index contributed by atoms with van der Waals surface area (Å²) in [4.78, 5) is 24.7. The van der Waals surface area contributed by atoms with Crippen LogP contribution in [0.15, 0.2) is 0 Å². The van der Waals surface area contributed by atoms with Crippen molar-refractivity contribution in [1.82, 2.24) is 9.80 Å². The summed E-state index contributed by atoms with van der Waals surface area (Å²) in [6.45, 7) is 5.22. The fourth-order valence-corrected chi connectivity index (χ4v) is 1.29. The summed E-state index contributed by atoms with van der Waals surface area (Å²) < 4.78 is 0. The van der Waals surface area contributed by atoms with Gasteiger partial charge >= 0.3 is 12.0 Å². The van der Waals surface area contributed by atoms with E-state index in [4.69, 9.17) is 5.11 Å². The molecule has 2 amide bonds. The first-order chi connectivity index (χ1) is 7.17. The Labute approximate surface area is 95.5 Å². The topological polar surface area (TPSA) is 81.1 Å². The van der Waals surface area contributed by atoms with Crippen LogP contribution in [0.25, 0.3) is 0 Å². The molecule has 0 saturated heterocycles. The largest absolute Gasteiger partial charge is 0.480 e. The third-order valence-electron chi connectivity index (χ3n) is 1.93. The molecule has 0 saturated carbocycles. The number of likely N-dealkylation sites (N-methyl/N-ethyl adjacent to an activating group) is 2. The molecule has 16 heavy (non-hydrogen) atoms. The summed E-state index contributed by atoms with van der Waals surface area (Å²) in [5, 5.41) is 18.2. The maximum Gasteiger partial charge on any atom is 0.323 e. The van der Waals surface area contributed by atoms with E-state index in [2.05, 4.69) is 0 Å². The van der Waals surface area contributed by atoms with Gasteiger partial charge in [-0.2, -0.15) is 0 Å². The number of aliphatic carboxylic acids is 1. The van der Waals surface area contributed by atoms with Crippen molar-refractivity contribution in [2.24, 2.45) is 0 Å². The average Bonchev–Trinajstić information content (AvgIpc) is 2.10. The molecule has 0 unspecified atom stereocenters. The Bertz CT molecular complexity index is 260. The maximum atomic E-state index is 11.8. The summed E-state index contributed by atoms with van der Waals surface area (Å²) in [7, 11) is 1.42. The van der Waals surface area contributed by atoms with Crippen LogP contribution >= 0.6 is 0 Å². The number of carbonyl (C=O) groups excluding carboxylic acids is 1. The first kappa shape index (κ1) is 14.7. The molecule has 2 N–H and O–H groups in total. The molecule has 0 aromatic heterocycles. The molecular formula is C10H20N2O4. The van der Waals surface area contributed by atoms with E-state index in [1.165, 1.54) is 11.9 Å². The Morgan fingerprint density at radius 1 is 1.31 bits per heavy atom. The fourth-order valence-electron chi connectivity index (χ4n) is 1.29. The lowest BCUT2D eigenvalue weighted by molar-refractivity contribution is -0.137. The van der Waals surface area contributed by atoms with Crippen LogP contribution in [0.1, 0.15) is 20.8 Å². The Morgan fingerprint density at radius 3 is 2.12 bits per heavy atom. The van der Waals surface area contributed by atoms with Gasteiger partial charge in [0.05, 0.1) is 12.1 Å². The highest BCUT2D eigenvalue weighted by molar-refractivity contribution is 5.79. The molecule has 0 radical (unpaired) electrons. The number of carboxylic acid groups (broad SMARTS) is 1. The zero-order valence-electron chi connectivity index (χ0n) is 10.2. The van der Waals surface area contributed by atoms with Gasteiger partial charge in [0.1, 0.15) is 6.54 Å². The van der Waals surface area contributed by atoms with Crippen LogP contribution in [-0.4, -0.2) is 64.3 Å². The molecule has 0 rings (SSSR count). The molecule has 0 aliphatic heterocycles. The molecule has 0 atom stereocenters. The molecule has 0 fully saturated rings. The molecular weight excluding hydrogens is 212 g/mol. The predicted molar refractivity (Wildman–Crippen MR) is 59.2 cm³/mol. The second-order valence-electron chi connectivity index (χ2n) is 4.36. The van der Waals surface area contributed by atoms with Crippen molar-refractivity contribution in [3.8, 4) is 0 Å². The van der Waals surface area contributed by atoms with Crippen molar-refractivity contribution in [3.05, 3.63) is 0 Å². The standard InChI is InChI=1S/C10H20N2O4/c1-5-12(7-10(2,3)16)9(15)11(4)6-8(13)14/h16H,5-7H2,1-4H3,(H,13,14). The molecule has 6 heteroatoms. The van der Waals surface area contributed by atoms with E-state index in [9.17, 15) is 14.7 Å². The first-order valence-corrected chi connectivity index (χ1v) is 5.11. The van der Waals surface area contributed by atoms with Gasteiger partial charge in [0, 0.05) is 13.6 Å². The number of carbonyl (C=O) groups is 2. The maximum absolute atomic E-state index is 11.8. The molecule has 0 bridgehead atoms. The van der Waals surface area contributed by atoms with Crippen LogP contribution in [0.4, 0.5) is 4.79 Å². The summed E-state index contributed by atoms with van der Waals surface area (Å²) in [6, 6.07) is -0.396. The second kappa shape index (κ2) is 5.69. The lowest BCUT2D eigenvalue weighted by atomic mass is 10.1. The van der Waals surface area contributed by atoms with Gasteiger partial charge in [0.15, 0.2) is 0 Å². The normalized spacial score (nSPS) is 11.1. The van der Waals surface area contributed by atoms with Crippen LogP contribution < -0.4 is 0 Å². The van der Waals surface area contributed by atoms with Gasteiger partial charge in [-0.25, -0.2) is 4.79 Å². The highest BCUT2D eigenvalue weighted by Gasteiger charge is 2.24. The van der Waals surface area contributed by atoms with Gasteiger partial charge in [-0.05, 0) is 20.8 Å². The molecule has 0 aromatic carbocycles. The van der Waals surface area contributed by atoms with Gasteiger partial charge < -0.3 is 20.0 Å². The first-order valence-electron chi connectivity index (χ1n) is 5.11. The number of hydrogen-bond acceptors (Lipinski definition) is 3. The van der Waals surface area contributed by atoms with E-state index >= 15 is 0 Å². The third-order valence-corrected chi connectivity index (χ3v) is 1.93. The zero-order chi connectivity index (χ0) is 12.9. The number of amides is 2. The van der Waals surface area contributed by atoms with Gasteiger partial charge in [0.25, 0.3) is 0 Å². The van der Waals surface area contributed by atoms with E-state index < -0.39 is 17.6 Å². The fraction of sp³-hybridized carbons (Fsp3) is 0.800. The van der Waals surface area contributed by atoms with Crippen LogP contribution in [-0.2, 0) is 4.79 Å². The van der Waals surface area contributed by atoms with Crippen LogP contribution in [0.5, 0.6) is 0 Å². The van der Waals surface area contributed by atoms with Crippen molar-refractivity contribution in [2.45, 2.75) is 26.4 Å². The third kappa shape index (κ3) is 5.55. The Morgan fingerprint density at radius 2 is 1.81 bits per heavy atom. The van der Waals surface area contributed by atoms with Gasteiger partial charge in [0.2, 0.25) is 0 Å². The molecule has 6 nitrogen and oxygen atoms in total. The van der Waals surface area contributed by atoms with Gasteiger partial charge in [-0.3, -0.25) is 4.79 Å². The average molecular weight is 232 g/mol. The Hall–Kier alpha value is -1.30. The van der Waals surface area contributed by atoms with Crippen molar-refractivity contribution in [2.75, 3.05) is 26.7 Å². The Kier molecular flexibility index (Phi) is 5.23. The molecule has 0 aliphatic carbocycles. The van der Waals surface area contributed by atoms with Crippen LogP contribution in [0, 0.1) is 0 Å². The lowest BCUT2D eigenvalue weighted by Gasteiger charge is -2.31. The molecule has 94 valence electrons. The molecule has 0 aromatic rings. The minimum atomic E-state index is -1.06. The summed E-state index contributed by atoms with van der Waals surface area (Å²) in [6.07, 6.45) is 0. The van der Waals surface area contributed by atoms with Gasteiger partial charge in [-0.15, -0.1) is 0 Å². The zero-order valence-corrected chi connectivity index (χ0v) is 10.2.